The van der Waals surface area contributed by atoms with Crippen molar-refractivity contribution in [3.63, 3.8) is 0 Å². The molecule has 0 saturated heterocycles. The zero-order valence-electron chi connectivity index (χ0n) is 32.4. The Labute approximate surface area is 319 Å². The van der Waals surface area contributed by atoms with E-state index in [4.69, 9.17) is 4.74 Å². The number of amides is 4. The zero-order valence-corrected chi connectivity index (χ0v) is 33.2. The molecule has 1 aromatic heterocycles. The van der Waals surface area contributed by atoms with E-state index < -0.39 is 59.7 Å². The highest BCUT2D eigenvalue weighted by Gasteiger charge is 2.34. The monoisotopic (exact) mass is 754 g/mol. The lowest BCUT2D eigenvalue weighted by Gasteiger charge is -2.33. The number of H-pyrrole nitrogens is 1. The molecule has 0 spiro atoms. The lowest BCUT2D eigenvalue weighted by atomic mass is 9.81. The number of hydrogen-bond acceptors (Lipinski definition) is 8. The minimum absolute atomic E-state index is 0.0667. The zero-order chi connectivity index (χ0) is 39.0. The first-order valence-corrected chi connectivity index (χ1v) is 20.3. The summed E-state index contributed by atoms with van der Waals surface area (Å²) in [5, 5.41) is 23.1. The summed E-state index contributed by atoms with van der Waals surface area (Å²) in [6.07, 6.45) is 10.8. The topological polar surface area (TPSA) is 175 Å². The van der Waals surface area contributed by atoms with E-state index in [0.29, 0.717) is 24.5 Å². The number of nitrogens with zero attached hydrogens (tertiary/aromatic N) is 1. The van der Waals surface area contributed by atoms with Gasteiger partial charge in [0, 0.05) is 36.0 Å². The number of benzene rings is 1. The molecule has 1 aliphatic carbocycles. The number of ether oxygens (including phenoxy) is 1. The minimum atomic E-state index is -1.17. The Bertz CT molecular complexity index is 1430. The van der Waals surface area contributed by atoms with Crippen LogP contribution in [0.4, 0.5) is 4.79 Å². The molecular weight excluding hydrogens is 693 g/mol. The third kappa shape index (κ3) is 15.6. The number of imidazole rings is 1. The molecule has 12 nitrogen and oxygen atoms in total. The van der Waals surface area contributed by atoms with E-state index in [0.717, 1.165) is 31.2 Å². The van der Waals surface area contributed by atoms with Gasteiger partial charge in [0.1, 0.15) is 12.1 Å². The largest absolute Gasteiger partial charge is 0.435 e. The molecule has 2 aromatic rings. The number of aliphatic hydroxyl groups excluding tert-OH is 1. The fraction of sp³-hybridized carbons (Fsp3) is 0.625. The number of nitrogens with one attached hydrogen (secondary N) is 5. The molecule has 1 aliphatic rings. The summed E-state index contributed by atoms with van der Waals surface area (Å²) in [5.74, 6) is -0.783. The number of aliphatic hydroxyl groups is 1. The van der Waals surface area contributed by atoms with E-state index in [1.54, 1.807) is 33.2 Å². The normalized spacial score (nSPS) is 17.1. The second-order valence-electron chi connectivity index (χ2n) is 15.6. The molecular formula is C40H62N6O6S. The van der Waals surface area contributed by atoms with Crippen LogP contribution in [0, 0.1) is 17.8 Å². The van der Waals surface area contributed by atoms with Crippen LogP contribution in [0.2, 0.25) is 0 Å². The van der Waals surface area contributed by atoms with Crippen LogP contribution < -0.4 is 21.3 Å². The molecule has 1 aromatic carbocycles. The second kappa shape index (κ2) is 21.8. The molecule has 53 heavy (non-hydrogen) atoms. The fourth-order valence-electron chi connectivity index (χ4n) is 6.66. The number of alkyl carbamates (subject to hydrolysis) is 1. The van der Waals surface area contributed by atoms with Crippen molar-refractivity contribution >= 4 is 35.6 Å². The van der Waals surface area contributed by atoms with Crippen molar-refractivity contribution in [2.24, 2.45) is 17.8 Å². The smallest absolute Gasteiger partial charge is 0.408 e. The maximum atomic E-state index is 14.2. The van der Waals surface area contributed by atoms with Crippen molar-refractivity contribution in [1.82, 2.24) is 31.2 Å². The van der Waals surface area contributed by atoms with E-state index in [2.05, 4.69) is 51.7 Å². The number of carbonyl (C=O) groups is 4. The molecule has 294 valence electrons. The van der Waals surface area contributed by atoms with Crippen molar-refractivity contribution in [3.05, 3.63) is 66.8 Å². The van der Waals surface area contributed by atoms with Gasteiger partial charge in [-0.1, -0.05) is 82.4 Å². The van der Waals surface area contributed by atoms with Crippen LogP contribution in [0.1, 0.15) is 90.8 Å². The van der Waals surface area contributed by atoms with Crippen LogP contribution in [0.5, 0.6) is 0 Å². The van der Waals surface area contributed by atoms with Crippen LogP contribution in [0.25, 0.3) is 0 Å². The summed E-state index contributed by atoms with van der Waals surface area (Å²) in [7, 11) is 0. The van der Waals surface area contributed by atoms with Gasteiger partial charge in [0.2, 0.25) is 11.8 Å². The van der Waals surface area contributed by atoms with Gasteiger partial charge in [0.25, 0.3) is 5.91 Å². The highest BCUT2D eigenvalue weighted by atomic mass is 32.2. The number of allylic oxidation sites excluding steroid dienone is 1. The molecule has 6 N–H and O–H groups in total. The summed E-state index contributed by atoms with van der Waals surface area (Å²) >= 11 is 1.33. The molecule has 3 rings (SSSR count). The standard InChI is InChI=1S/C40H62N6O6S/c1-8-29(26(2)3)21-34(47)31(19-27-15-11-9-12-16-27)43-37(49)33(22-30-23-41-25-42-30)44-36(48)32(20-28-17-13-10-14-18-28)45-38(50)35(24-53-7)52-39(51)46-40(4,5)6/h8,10,13-14,17-18,23,25-27,29,31-35,47H,1,9,11-12,15-16,19-22,24H2,2-7H3,(H,41,42)(H,43,49)(H,44,48)(H,45,50)(H,46,51)/t29-,31-,32-,33-,34-,35+/m0/s1. The maximum Gasteiger partial charge on any atom is 0.408 e. The average molecular weight is 755 g/mol. The quantitative estimate of drug-likeness (QED) is 0.102. The summed E-state index contributed by atoms with van der Waals surface area (Å²) in [6.45, 7) is 13.6. The van der Waals surface area contributed by atoms with Crippen molar-refractivity contribution in [1.29, 1.82) is 0 Å². The first-order chi connectivity index (χ1) is 25.2. The Morgan fingerprint density at radius 1 is 1.00 bits per heavy atom. The summed E-state index contributed by atoms with van der Waals surface area (Å²) in [6, 6.07) is 6.53. The highest BCUT2D eigenvalue weighted by Crippen LogP contribution is 2.30. The fourth-order valence-corrected chi connectivity index (χ4v) is 7.18. The van der Waals surface area contributed by atoms with Gasteiger partial charge in [-0.15, -0.1) is 6.58 Å². The summed E-state index contributed by atoms with van der Waals surface area (Å²) < 4.78 is 5.51. The SMILES string of the molecule is C=C[C@@H](C[C@H](O)[C@H](CC1CCCCC1)NC(=O)[C@H](Cc1cnc[nH]1)NC(=O)[C@H](Cc1ccccc1)NC(=O)[C@@H](CSC)OC(=O)NC(C)(C)C)C(C)C. The minimum Gasteiger partial charge on any atom is -0.435 e. The lowest BCUT2D eigenvalue weighted by molar-refractivity contribution is -0.135. The van der Waals surface area contributed by atoms with Gasteiger partial charge in [-0.25, -0.2) is 9.78 Å². The number of aromatic nitrogens is 2. The molecule has 0 bridgehead atoms. The number of carbonyl (C=O) groups excluding carboxylic acids is 4. The van der Waals surface area contributed by atoms with Gasteiger partial charge in [-0.05, 0) is 63.2 Å². The van der Waals surface area contributed by atoms with Crippen LogP contribution in [0.15, 0.2) is 55.5 Å². The van der Waals surface area contributed by atoms with Crippen LogP contribution in [-0.2, 0) is 32.0 Å². The molecule has 13 heteroatoms. The third-order valence-electron chi connectivity index (χ3n) is 9.64. The molecule has 1 heterocycles. The van der Waals surface area contributed by atoms with Crippen molar-refractivity contribution in [2.45, 2.75) is 128 Å². The van der Waals surface area contributed by atoms with Gasteiger partial charge in [-0.3, -0.25) is 14.4 Å². The molecule has 1 fully saturated rings. The third-order valence-corrected chi connectivity index (χ3v) is 10.3. The molecule has 0 unspecified atom stereocenters. The van der Waals surface area contributed by atoms with Gasteiger partial charge >= 0.3 is 6.09 Å². The summed E-state index contributed by atoms with van der Waals surface area (Å²) in [4.78, 5) is 61.8. The average Bonchev–Trinajstić information content (AvgIpc) is 3.62. The van der Waals surface area contributed by atoms with Crippen molar-refractivity contribution < 1.29 is 29.0 Å². The van der Waals surface area contributed by atoms with Crippen LogP contribution in [-0.4, -0.2) is 86.8 Å². The predicted octanol–water partition coefficient (Wildman–Crippen LogP) is 5.09. The molecule has 6 atom stereocenters. The first kappa shape index (κ1) is 43.6. The van der Waals surface area contributed by atoms with Gasteiger partial charge < -0.3 is 36.1 Å². The lowest BCUT2D eigenvalue weighted by Crippen LogP contribution is -2.58. The Morgan fingerprint density at radius 3 is 2.23 bits per heavy atom. The van der Waals surface area contributed by atoms with E-state index in [1.165, 1.54) is 24.5 Å². The second-order valence-corrected chi connectivity index (χ2v) is 16.5. The highest BCUT2D eigenvalue weighted by molar-refractivity contribution is 7.98. The first-order valence-electron chi connectivity index (χ1n) is 18.9. The number of aromatic amines is 1. The van der Waals surface area contributed by atoms with Gasteiger partial charge in [0.05, 0.1) is 18.5 Å². The van der Waals surface area contributed by atoms with E-state index >= 15 is 0 Å². The molecule has 4 amide bonds. The Morgan fingerprint density at radius 2 is 1.64 bits per heavy atom. The van der Waals surface area contributed by atoms with E-state index in [9.17, 15) is 24.3 Å². The summed E-state index contributed by atoms with van der Waals surface area (Å²) in [5.41, 5.74) is 0.834. The Kier molecular flexibility index (Phi) is 17.9. The Hall–Kier alpha value is -3.84. The van der Waals surface area contributed by atoms with Gasteiger partial charge in [-0.2, -0.15) is 11.8 Å². The number of rotatable bonds is 20. The van der Waals surface area contributed by atoms with E-state index in [1.807, 2.05) is 36.4 Å². The predicted molar refractivity (Wildman–Crippen MR) is 210 cm³/mol. The number of hydrogen-bond donors (Lipinski definition) is 6. The maximum absolute atomic E-state index is 14.2. The van der Waals surface area contributed by atoms with Crippen LogP contribution in [0.3, 0.4) is 0 Å². The van der Waals surface area contributed by atoms with Crippen molar-refractivity contribution in [2.75, 3.05) is 12.0 Å². The number of thioether (sulfide) groups is 1. The van der Waals surface area contributed by atoms with E-state index in [-0.39, 0.29) is 30.4 Å². The Balaban J connectivity index is 1.88. The van der Waals surface area contributed by atoms with Crippen molar-refractivity contribution in [3.8, 4) is 0 Å². The molecule has 1 saturated carbocycles. The molecule has 0 radical (unpaired) electrons. The molecule has 0 aliphatic heterocycles. The van der Waals surface area contributed by atoms with Crippen LogP contribution >= 0.6 is 11.8 Å². The van der Waals surface area contributed by atoms with Gasteiger partial charge in [0.15, 0.2) is 6.10 Å².